The molecule has 168 valence electrons. The Morgan fingerprint density at radius 2 is 1.03 bits per heavy atom. The van der Waals surface area contributed by atoms with Crippen LogP contribution in [0, 0.1) is 0 Å². The molecule has 1 aliphatic rings. The van der Waals surface area contributed by atoms with Gasteiger partial charge < -0.3 is 31.5 Å². The van der Waals surface area contributed by atoms with E-state index in [-0.39, 0.29) is 32.2 Å². The molecule has 0 amide bonds. The molecule has 6 N–H and O–H groups in total. The summed E-state index contributed by atoms with van der Waals surface area (Å²) in [7, 11) is 0. The highest BCUT2D eigenvalue weighted by Crippen LogP contribution is 2.36. The van der Waals surface area contributed by atoms with E-state index >= 15 is 0 Å². The molecule has 0 saturated carbocycles. The molecular weight excluding hydrogens is 396 g/mol. The highest BCUT2D eigenvalue weighted by molar-refractivity contribution is 6.31. The number of benzene rings is 2. The van der Waals surface area contributed by atoms with Crippen molar-refractivity contribution >= 4 is 22.9 Å². The molecule has 0 unspecified atom stereocenters. The van der Waals surface area contributed by atoms with Gasteiger partial charge in [-0.25, -0.2) is 0 Å². The van der Waals surface area contributed by atoms with Crippen LogP contribution in [0.3, 0.4) is 0 Å². The van der Waals surface area contributed by atoms with Crippen molar-refractivity contribution in [1.29, 1.82) is 0 Å². The summed E-state index contributed by atoms with van der Waals surface area (Å²) in [6, 6.07) is 10.5. The van der Waals surface area contributed by atoms with Crippen LogP contribution in [-0.2, 0) is 0 Å². The third kappa shape index (κ3) is 5.68. The van der Waals surface area contributed by atoms with Crippen LogP contribution in [0.25, 0.3) is 0 Å². The average Bonchev–Trinajstić information content (AvgIpc) is 2.77. The molecule has 3 rings (SSSR count). The number of ketones is 2. The van der Waals surface area contributed by atoms with Gasteiger partial charge in [-0.2, -0.15) is 0 Å². The van der Waals surface area contributed by atoms with Gasteiger partial charge in [0, 0.05) is 61.8 Å². The van der Waals surface area contributed by atoms with Crippen molar-refractivity contribution < 1.29 is 19.8 Å². The van der Waals surface area contributed by atoms with Crippen LogP contribution in [0.5, 0.6) is 0 Å². The lowest BCUT2D eigenvalue weighted by molar-refractivity contribution is 0.0980. The normalized spacial score (nSPS) is 12.1. The third-order valence-corrected chi connectivity index (χ3v) is 4.89. The molecule has 2 aromatic rings. The lowest BCUT2D eigenvalue weighted by Gasteiger charge is -2.24. The summed E-state index contributed by atoms with van der Waals surface area (Å²) in [5, 5.41) is 30.3. The maximum absolute atomic E-state index is 13.3. The zero-order valence-corrected chi connectivity index (χ0v) is 16.8. The van der Waals surface area contributed by atoms with E-state index in [1.165, 1.54) is 0 Å². The Morgan fingerprint density at radius 3 is 1.42 bits per heavy atom. The number of fused-ring (bicyclic) bond motifs is 2. The van der Waals surface area contributed by atoms with Gasteiger partial charge in [0.15, 0.2) is 11.6 Å². The first-order valence-corrected chi connectivity index (χ1v) is 10.2. The van der Waals surface area contributed by atoms with Gasteiger partial charge in [0.2, 0.25) is 0 Å². The van der Waals surface area contributed by atoms with Gasteiger partial charge in [-0.3, -0.25) is 9.59 Å². The SMILES string of the molecule is C.O=C1c2ccccc2C(=O)c2c(NCCNCCO)ccc(NCCNCCO)c21. The first-order valence-electron chi connectivity index (χ1n) is 10.2. The van der Waals surface area contributed by atoms with Crippen LogP contribution in [0.4, 0.5) is 11.4 Å². The Hall–Kier alpha value is -2.78. The molecule has 0 fully saturated rings. The van der Waals surface area contributed by atoms with Crippen LogP contribution in [-0.4, -0.2) is 74.3 Å². The fourth-order valence-electron chi connectivity index (χ4n) is 3.50. The van der Waals surface area contributed by atoms with E-state index < -0.39 is 0 Å². The van der Waals surface area contributed by atoms with E-state index in [1.54, 1.807) is 24.3 Å². The van der Waals surface area contributed by atoms with E-state index in [4.69, 9.17) is 10.2 Å². The summed E-state index contributed by atoms with van der Waals surface area (Å²) in [5.41, 5.74) is 2.83. The topological polar surface area (TPSA) is 123 Å². The Kier molecular flexibility index (Phi) is 9.61. The van der Waals surface area contributed by atoms with Crippen molar-refractivity contribution in [1.82, 2.24) is 10.6 Å². The van der Waals surface area contributed by atoms with E-state index in [0.717, 1.165) is 0 Å². The van der Waals surface area contributed by atoms with E-state index in [0.29, 0.717) is 72.9 Å². The molecule has 0 aromatic heterocycles. The van der Waals surface area contributed by atoms with Gasteiger partial charge >= 0.3 is 0 Å². The van der Waals surface area contributed by atoms with Crippen molar-refractivity contribution in [2.24, 2.45) is 0 Å². The molecule has 0 bridgehead atoms. The van der Waals surface area contributed by atoms with Crippen molar-refractivity contribution in [3.8, 4) is 0 Å². The van der Waals surface area contributed by atoms with Crippen LogP contribution in [0.2, 0.25) is 0 Å². The number of hydrogen-bond donors (Lipinski definition) is 6. The first-order chi connectivity index (χ1) is 14.7. The van der Waals surface area contributed by atoms with E-state index in [9.17, 15) is 9.59 Å². The fraction of sp³-hybridized carbons (Fsp3) is 0.391. The van der Waals surface area contributed by atoms with Gasteiger partial charge in [-0.15, -0.1) is 0 Å². The number of carbonyl (C=O) groups excluding carboxylic acids is 2. The zero-order valence-electron chi connectivity index (χ0n) is 16.8. The number of nitrogens with one attached hydrogen (secondary N) is 4. The lowest BCUT2D eigenvalue weighted by Crippen LogP contribution is -2.28. The summed E-state index contributed by atoms with van der Waals surface area (Å²) >= 11 is 0. The predicted molar refractivity (Wildman–Crippen MR) is 123 cm³/mol. The second-order valence-corrected chi connectivity index (χ2v) is 6.92. The number of aliphatic hydroxyl groups is 2. The summed E-state index contributed by atoms with van der Waals surface area (Å²) in [6.07, 6.45) is 0. The van der Waals surface area contributed by atoms with Gasteiger partial charge in [0.25, 0.3) is 0 Å². The molecule has 31 heavy (non-hydrogen) atoms. The molecule has 2 aromatic carbocycles. The maximum atomic E-state index is 13.3. The minimum atomic E-state index is -0.173. The molecular formula is C23H32N4O4. The molecule has 0 atom stereocenters. The maximum Gasteiger partial charge on any atom is 0.196 e. The number of anilines is 2. The van der Waals surface area contributed by atoms with Crippen molar-refractivity contribution in [3.05, 3.63) is 58.7 Å². The fourth-order valence-corrected chi connectivity index (χ4v) is 3.50. The largest absolute Gasteiger partial charge is 0.395 e. The van der Waals surface area contributed by atoms with Crippen molar-refractivity contribution in [2.45, 2.75) is 7.43 Å². The van der Waals surface area contributed by atoms with Crippen LogP contribution in [0.15, 0.2) is 36.4 Å². The molecule has 0 spiro atoms. The first kappa shape index (κ1) is 24.5. The molecule has 0 radical (unpaired) electrons. The highest BCUT2D eigenvalue weighted by atomic mass is 16.3. The van der Waals surface area contributed by atoms with Crippen molar-refractivity contribution in [3.63, 3.8) is 0 Å². The highest BCUT2D eigenvalue weighted by Gasteiger charge is 2.33. The Morgan fingerprint density at radius 1 is 0.613 bits per heavy atom. The van der Waals surface area contributed by atoms with Crippen LogP contribution < -0.4 is 21.3 Å². The van der Waals surface area contributed by atoms with Crippen LogP contribution in [0.1, 0.15) is 39.3 Å². The number of carbonyl (C=O) groups is 2. The molecule has 8 heteroatoms. The summed E-state index contributed by atoms with van der Waals surface area (Å²) in [6.45, 7) is 3.45. The Labute approximate surface area is 183 Å². The molecule has 0 heterocycles. The number of hydrogen-bond acceptors (Lipinski definition) is 8. The van der Waals surface area contributed by atoms with Crippen LogP contribution >= 0.6 is 0 Å². The predicted octanol–water partition coefficient (Wildman–Crippen LogP) is 1.09. The number of aliphatic hydroxyl groups excluding tert-OH is 2. The summed E-state index contributed by atoms with van der Waals surface area (Å²) in [4.78, 5) is 26.5. The molecule has 8 nitrogen and oxygen atoms in total. The van der Waals surface area contributed by atoms with Gasteiger partial charge in [-0.1, -0.05) is 31.7 Å². The smallest absolute Gasteiger partial charge is 0.196 e. The molecule has 0 saturated heterocycles. The molecule has 0 aliphatic heterocycles. The Bertz CT molecular complexity index is 829. The van der Waals surface area contributed by atoms with Gasteiger partial charge in [-0.05, 0) is 12.1 Å². The standard InChI is InChI=1S/C22H28N4O4.CH4/c27-13-11-23-7-9-25-17-5-6-18(26-10-8-24-12-14-28)20-19(17)21(29)15-3-1-2-4-16(15)22(20)30;/h1-6,23-28H,7-14H2;1H4. The monoisotopic (exact) mass is 428 g/mol. The average molecular weight is 429 g/mol. The lowest BCUT2D eigenvalue weighted by atomic mass is 9.82. The second-order valence-electron chi connectivity index (χ2n) is 6.92. The minimum Gasteiger partial charge on any atom is -0.395 e. The Balaban J connectivity index is 0.00000341. The zero-order chi connectivity index (χ0) is 21.3. The quantitative estimate of drug-likeness (QED) is 0.237. The van der Waals surface area contributed by atoms with E-state index in [1.807, 2.05) is 12.1 Å². The third-order valence-electron chi connectivity index (χ3n) is 4.89. The second kappa shape index (κ2) is 12.2. The number of rotatable bonds is 12. The van der Waals surface area contributed by atoms with Gasteiger partial charge in [0.05, 0.1) is 24.3 Å². The van der Waals surface area contributed by atoms with Crippen molar-refractivity contribution in [2.75, 3.05) is 63.1 Å². The minimum absolute atomic E-state index is 0. The van der Waals surface area contributed by atoms with E-state index in [2.05, 4.69) is 21.3 Å². The summed E-state index contributed by atoms with van der Waals surface area (Å²) in [5.74, 6) is -0.346. The van der Waals surface area contributed by atoms with Gasteiger partial charge in [0.1, 0.15) is 0 Å². The summed E-state index contributed by atoms with van der Waals surface area (Å²) < 4.78 is 0. The molecule has 1 aliphatic carbocycles.